The molecule has 4 N–H and O–H groups in total. The summed E-state index contributed by atoms with van der Waals surface area (Å²) in [6, 6.07) is 9.64. The summed E-state index contributed by atoms with van der Waals surface area (Å²) in [5, 5.41) is 18.5. The Balaban J connectivity index is 1.28. The van der Waals surface area contributed by atoms with E-state index in [-0.39, 0.29) is 12.0 Å². The lowest BCUT2D eigenvalue weighted by Gasteiger charge is -2.24. The number of piperidine rings is 1. The first-order valence-corrected chi connectivity index (χ1v) is 11.9. The maximum Gasteiger partial charge on any atom is 0.252 e. The highest BCUT2D eigenvalue weighted by atomic mass is 16.5. The molecule has 9 heteroatoms. The topological polar surface area (TPSA) is 117 Å². The van der Waals surface area contributed by atoms with Crippen molar-refractivity contribution in [3.63, 3.8) is 0 Å². The number of H-pyrrole nitrogens is 1. The number of nitrogens with one attached hydrogen (secondary N) is 4. The number of carbonyl (C=O) groups excluding carboxylic acids is 1. The van der Waals surface area contributed by atoms with Crippen molar-refractivity contribution in [2.24, 2.45) is 5.92 Å². The van der Waals surface area contributed by atoms with Crippen LogP contribution in [0.2, 0.25) is 0 Å². The summed E-state index contributed by atoms with van der Waals surface area (Å²) in [4.78, 5) is 22.1. The van der Waals surface area contributed by atoms with Crippen molar-refractivity contribution >= 4 is 39.3 Å². The highest BCUT2D eigenvalue weighted by molar-refractivity contribution is 6.07. The number of aromatic nitrogens is 4. The van der Waals surface area contributed by atoms with E-state index in [1.54, 1.807) is 12.4 Å². The Bertz CT molecular complexity index is 1340. The molecule has 2 fully saturated rings. The first-order chi connectivity index (χ1) is 16.7. The van der Waals surface area contributed by atoms with E-state index in [9.17, 15) is 4.79 Å². The largest absolute Gasteiger partial charge is 0.488 e. The number of para-hydroxylation sites is 1. The molecule has 3 heterocycles. The van der Waals surface area contributed by atoms with E-state index >= 15 is 0 Å². The van der Waals surface area contributed by atoms with E-state index in [2.05, 4.69) is 31.1 Å². The molecule has 174 valence electrons. The average molecular weight is 458 g/mol. The van der Waals surface area contributed by atoms with Crippen LogP contribution in [0.3, 0.4) is 0 Å². The van der Waals surface area contributed by atoms with Crippen molar-refractivity contribution < 1.29 is 9.53 Å². The second-order valence-corrected chi connectivity index (χ2v) is 9.09. The number of hydrogen-bond donors (Lipinski definition) is 4. The van der Waals surface area contributed by atoms with Crippen LogP contribution in [-0.2, 0) is 0 Å². The zero-order chi connectivity index (χ0) is 22.9. The summed E-state index contributed by atoms with van der Waals surface area (Å²) in [7, 11) is 0. The average Bonchev–Trinajstić information content (AvgIpc) is 3.58. The number of benzene rings is 2. The quantitative estimate of drug-likeness (QED) is 0.335. The van der Waals surface area contributed by atoms with Crippen LogP contribution in [0.15, 0.2) is 42.7 Å². The van der Waals surface area contributed by atoms with E-state index in [1.165, 1.54) is 12.8 Å². The number of ether oxygens (including phenoxy) is 1. The van der Waals surface area contributed by atoms with Gasteiger partial charge in [-0.2, -0.15) is 5.10 Å². The molecule has 1 saturated heterocycles. The predicted octanol–water partition coefficient (Wildman–Crippen LogP) is 3.52. The molecule has 0 bridgehead atoms. The van der Waals surface area contributed by atoms with Crippen molar-refractivity contribution in [3.05, 3.63) is 48.3 Å². The molecule has 1 aliphatic carbocycles. The lowest BCUT2D eigenvalue weighted by molar-refractivity contribution is 0.0953. The molecule has 9 nitrogen and oxygen atoms in total. The highest BCUT2D eigenvalue weighted by Gasteiger charge is 2.23. The molecule has 0 spiro atoms. The normalized spacial score (nSPS) is 16.6. The Morgan fingerprint density at radius 1 is 1.12 bits per heavy atom. The molecule has 1 aliphatic heterocycles. The number of rotatable bonds is 7. The molecule has 2 aliphatic rings. The predicted molar refractivity (Wildman–Crippen MR) is 130 cm³/mol. The van der Waals surface area contributed by atoms with Crippen LogP contribution in [0.4, 0.5) is 11.6 Å². The molecule has 0 radical (unpaired) electrons. The number of hydrogen-bond acceptors (Lipinski definition) is 7. The highest BCUT2D eigenvalue weighted by Crippen LogP contribution is 2.30. The maximum atomic E-state index is 12.9. The van der Waals surface area contributed by atoms with E-state index in [4.69, 9.17) is 9.72 Å². The van der Waals surface area contributed by atoms with Crippen molar-refractivity contribution in [1.29, 1.82) is 0 Å². The lowest BCUT2D eigenvalue weighted by atomic mass is 10.1. The molecule has 0 atom stereocenters. The Kier molecular flexibility index (Phi) is 5.46. The summed E-state index contributed by atoms with van der Waals surface area (Å²) in [6.45, 7) is 2.64. The van der Waals surface area contributed by atoms with Crippen molar-refractivity contribution in [1.82, 2.24) is 30.8 Å². The van der Waals surface area contributed by atoms with Crippen molar-refractivity contribution in [2.45, 2.75) is 31.8 Å². The molecular formula is C25H27N7O2. The number of carbonyl (C=O) groups is 1. The van der Waals surface area contributed by atoms with E-state index < -0.39 is 0 Å². The van der Waals surface area contributed by atoms with Gasteiger partial charge in [-0.15, -0.1) is 0 Å². The second-order valence-electron chi connectivity index (χ2n) is 9.09. The third-order valence-electron chi connectivity index (χ3n) is 6.46. The summed E-state index contributed by atoms with van der Waals surface area (Å²) >= 11 is 0. The minimum Gasteiger partial charge on any atom is -0.488 e. The standard InChI is InChI=1S/C25H27N7O2/c33-24(27-12-15-4-5-15)19-10-17(11-21-20(19)14-29-32-21)30-25-28-13-16-2-1-3-22(23(16)31-25)34-18-6-8-26-9-7-18/h1-3,10-11,13-15,18,26H,4-9,12H2,(H,27,33)(H,29,32)(H,28,30,31). The Morgan fingerprint density at radius 2 is 2.00 bits per heavy atom. The minimum atomic E-state index is -0.0981. The number of aromatic amines is 1. The van der Waals surface area contributed by atoms with Crippen LogP contribution in [0, 0.1) is 5.92 Å². The third kappa shape index (κ3) is 4.38. The molecular weight excluding hydrogens is 430 g/mol. The molecule has 34 heavy (non-hydrogen) atoms. The number of amides is 1. The van der Waals surface area contributed by atoms with Crippen molar-refractivity contribution in [3.8, 4) is 5.75 Å². The number of fused-ring (bicyclic) bond motifs is 2. The number of nitrogens with zero attached hydrogens (tertiary/aromatic N) is 3. The van der Waals surface area contributed by atoms with Crippen LogP contribution in [0.5, 0.6) is 5.75 Å². The van der Waals surface area contributed by atoms with Gasteiger partial charge in [0.15, 0.2) is 0 Å². The van der Waals surface area contributed by atoms with E-state index in [0.717, 1.165) is 53.5 Å². The molecule has 4 aromatic rings. The minimum absolute atomic E-state index is 0.0981. The van der Waals surface area contributed by atoms with Gasteiger partial charge in [-0.1, -0.05) is 12.1 Å². The Hall–Kier alpha value is -3.72. The Labute approximate surface area is 196 Å². The fourth-order valence-corrected chi connectivity index (χ4v) is 4.37. The lowest BCUT2D eigenvalue weighted by Crippen LogP contribution is -2.34. The summed E-state index contributed by atoms with van der Waals surface area (Å²) in [5.74, 6) is 1.72. The smallest absolute Gasteiger partial charge is 0.252 e. The van der Waals surface area contributed by atoms with Gasteiger partial charge in [0.25, 0.3) is 5.91 Å². The number of anilines is 2. The van der Waals surface area contributed by atoms with Gasteiger partial charge < -0.3 is 20.7 Å². The molecule has 2 aromatic carbocycles. The van der Waals surface area contributed by atoms with Gasteiger partial charge >= 0.3 is 0 Å². The van der Waals surface area contributed by atoms with Crippen LogP contribution >= 0.6 is 0 Å². The van der Waals surface area contributed by atoms with Gasteiger partial charge in [0.2, 0.25) is 5.95 Å². The third-order valence-corrected chi connectivity index (χ3v) is 6.46. The van der Waals surface area contributed by atoms with E-state index in [1.807, 2.05) is 30.3 Å². The molecule has 6 rings (SSSR count). The van der Waals surface area contributed by atoms with Gasteiger partial charge in [-0.3, -0.25) is 9.89 Å². The SMILES string of the molecule is O=C(NCC1CC1)c1cc(Nc2ncc3cccc(OC4CCNCC4)c3n2)cc2[nH]ncc12. The zero-order valence-corrected chi connectivity index (χ0v) is 18.8. The van der Waals surface area contributed by atoms with Gasteiger partial charge in [0.05, 0.1) is 17.3 Å². The van der Waals surface area contributed by atoms with Crippen LogP contribution in [-0.4, -0.2) is 51.8 Å². The van der Waals surface area contributed by atoms with Gasteiger partial charge in [-0.25, -0.2) is 9.97 Å². The van der Waals surface area contributed by atoms with Gasteiger partial charge in [-0.05, 0) is 62.9 Å². The fourth-order valence-electron chi connectivity index (χ4n) is 4.37. The maximum absolute atomic E-state index is 12.9. The van der Waals surface area contributed by atoms with Crippen LogP contribution < -0.4 is 20.7 Å². The second kappa shape index (κ2) is 8.90. The van der Waals surface area contributed by atoms with Gasteiger partial charge in [0, 0.05) is 29.2 Å². The summed E-state index contributed by atoms with van der Waals surface area (Å²) < 4.78 is 6.30. The zero-order valence-electron chi connectivity index (χ0n) is 18.8. The van der Waals surface area contributed by atoms with E-state index in [0.29, 0.717) is 29.7 Å². The molecule has 1 amide bonds. The first kappa shape index (κ1) is 20.9. The molecule has 0 unspecified atom stereocenters. The monoisotopic (exact) mass is 457 g/mol. The van der Waals surface area contributed by atoms with Gasteiger partial charge in [0.1, 0.15) is 17.4 Å². The summed E-state index contributed by atoms with van der Waals surface area (Å²) in [5.41, 5.74) is 2.83. The molecule has 2 aromatic heterocycles. The Morgan fingerprint density at radius 3 is 2.85 bits per heavy atom. The van der Waals surface area contributed by atoms with Crippen molar-refractivity contribution in [2.75, 3.05) is 25.0 Å². The fraction of sp³-hybridized carbons (Fsp3) is 0.360. The van der Waals surface area contributed by atoms with Crippen LogP contribution in [0.1, 0.15) is 36.0 Å². The first-order valence-electron chi connectivity index (χ1n) is 11.9. The molecule has 1 saturated carbocycles. The summed E-state index contributed by atoms with van der Waals surface area (Å²) in [6.07, 6.45) is 7.97. The van der Waals surface area contributed by atoms with Crippen LogP contribution in [0.25, 0.3) is 21.8 Å².